The normalized spacial score (nSPS) is 14.7. The average Bonchev–Trinajstić information content (AvgIpc) is 2.48. The Morgan fingerprint density at radius 1 is 1.25 bits per heavy atom. The molecule has 20 heavy (non-hydrogen) atoms. The van der Waals surface area contributed by atoms with Crippen LogP contribution in [0.1, 0.15) is 18.6 Å². The van der Waals surface area contributed by atoms with Crippen LogP contribution in [0.25, 0.3) is 0 Å². The van der Waals surface area contributed by atoms with Gasteiger partial charge in [0.05, 0.1) is 12.7 Å². The molecule has 0 aromatic heterocycles. The highest BCUT2D eigenvalue weighted by Crippen LogP contribution is 2.14. The van der Waals surface area contributed by atoms with Crippen molar-refractivity contribution >= 4 is 5.96 Å². The Morgan fingerprint density at radius 3 is 2.50 bits per heavy atom. The van der Waals surface area contributed by atoms with Crippen LogP contribution in [0.2, 0.25) is 0 Å². The molecule has 5 heteroatoms. The number of nitrogens with one attached hydrogen (secondary N) is 2. The summed E-state index contributed by atoms with van der Waals surface area (Å²) in [5, 5.41) is 6.52. The van der Waals surface area contributed by atoms with Crippen molar-refractivity contribution in [3.63, 3.8) is 0 Å². The summed E-state index contributed by atoms with van der Waals surface area (Å²) in [4.78, 5) is 4.19. The summed E-state index contributed by atoms with van der Waals surface area (Å²) >= 11 is 0. The zero-order valence-corrected chi connectivity index (χ0v) is 12.7. The molecule has 2 unspecified atom stereocenters. The number of methoxy groups -OCH3 is 2. The van der Waals surface area contributed by atoms with Crippen molar-refractivity contribution < 1.29 is 9.47 Å². The molecule has 0 saturated carbocycles. The molecule has 0 aliphatic carbocycles. The van der Waals surface area contributed by atoms with Gasteiger partial charge in [0, 0.05) is 33.9 Å². The summed E-state index contributed by atoms with van der Waals surface area (Å²) in [6.07, 6.45) is -0.00696. The smallest absolute Gasteiger partial charge is 0.191 e. The van der Waals surface area contributed by atoms with Gasteiger partial charge in [0.25, 0.3) is 0 Å². The Morgan fingerprint density at radius 2 is 1.95 bits per heavy atom. The first-order chi connectivity index (χ1) is 9.71. The molecule has 0 bridgehead atoms. The molecular formula is C15H25N3O2. The van der Waals surface area contributed by atoms with Crippen molar-refractivity contribution in [2.75, 3.05) is 34.4 Å². The highest BCUT2D eigenvalue weighted by Gasteiger charge is 2.11. The van der Waals surface area contributed by atoms with E-state index in [2.05, 4.69) is 27.8 Å². The van der Waals surface area contributed by atoms with Gasteiger partial charge in [-0.3, -0.25) is 4.99 Å². The van der Waals surface area contributed by atoms with Crippen molar-refractivity contribution in [2.24, 2.45) is 4.99 Å². The standard InChI is InChI=1S/C15H25N3O2/c1-12(11-19-3)18-15(16-2)17-10-14(20-4)13-8-6-5-7-9-13/h5-9,12,14H,10-11H2,1-4H3,(H2,16,17,18). The number of hydrogen-bond donors (Lipinski definition) is 2. The topological polar surface area (TPSA) is 54.9 Å². The van der Waals surface area contributed by atoms with Gasteiger partial charge in [-0.2, -0.15) is 0 Å². The fraction of sp³-hybridized carbons (Fsp3) is 0.533. The molecule has 0 heterocycles. The number of ether oxygens (including phenoxy) is 2. The minimum atomic E-state index is -0.00696. The number of guanidine groups is 1. The summed E-state index contributed by atoms with van der Waals surface area (Å²) in [7, 11) is 5.15. The van der Waals surface area contributed by atoms with Gasteiger partial charge in [-0.15, -0.1) is 0 Å². The summed E-state index contributed by atoms with van der Waals surface area (Å²) in [5.41, 5.74) is 1.14. The van der Waals surface area contributed by atoms with Gasteiger partial charge in [-0.25, -0.2) is 0 Å². The summed E-state index contributed by atoms with van der Waals surface area (Å²) in [6.45, 7) is 3.33. The Kier molecular flexibility index (Phi) is 7.69. The van der Waals surface area contributed by atoms with Crippen LogP contribution in [0.15, 0.2) is 35.3 Å². The molecule has 2 atom stereocenters. The van der Waals surface area contributed by atoms with Crippen molar-refractivity contribution in [2.45, 2.75) is 19.1 Å². The number of benzene rings is 1. The lowest BCUT2D eigenvalue weighted by atomic mass is 10.1. The number of hydrogen-bond acceptors (Lipinski definition) is 3. The van der Waals surface area contributed by atoms with Crippen LogP contribution < -0.4 is 10.6 Å². The molecule has 0 radical (unpaired) electrons. The van der Waals surface area contributed by atoms with E-state index in [-0.39, 0.29) is 12.1 Å². The van der Waals surface area contributed by atoms with Gasteiger partial charge in [0.15, 0.2) is 5.96 Å². The minimum Gasteiger partial charge on any atom is -0.383 e. The van der Waals surface area contributed by atoms with Crippen LogP contribution in [-0.4, -0.2) is 46.4 Å². The molecule has 1 aromatic rings. The number of rotatable bonds is 7. The molecule has 0 aliphatic rings. The maximum absolute atomic E-state index is 5.51. The van der Waals surface area contributed by atoms with E-state index in [1.165, 1.54) is 0 Å². The Bertz CT molecular complexity index is 395. The molecule has 1 aromatic carbocycles. The number of nitrogens with zero attached hydrogens (tertiary/aromatic N) is 1. The van der Waals surface area contributed by atoms with E-state index in [1.54, 1.807) is 21.3 Å². The van der Waals surface area contributed by atoms with E-state index in [1.807, 2.05) is 25.1 Å². The third-order valence-corrected chi connectivity index (χ3v) is 2.93. The molecule has 0 saturated heterocycles. The van der Waals surface area contributed by atoms with Gasteiger partial charge < -0.3 is 20.1 Å². The highest BCUT2D eigenvalue weighted by atomic mass is 16.5. The SMILES string of the molecule is CN=C(NCC(OC)c1ccccc1)NC(C)COC. The molecule has 0 spiro atoms. The Balaban J connectivity index is 2.50. The molecule has 0 fully saturated rings. The molecule has 1 rings (SSSR count). The van der Waals surface area contributed by atoms with Crippen LogP contribution in [-0.2, 0) is 9.47 Å². The van der Waals surface area contributed by atoms with Crippen molar-refractivity contribution in [1.82, 2.24) is 10.6 Å². The predicted octanol–water partition coefficient (Wildman–Crippen LogP) is 1.57. The van der Waals surface area contributed by atoms with Crippen molar-refractivity contribution in [3.05, 3.63) is 35.9 Å². The van der Waals surface area contributed by atoms with Crippen LogP contribution in [0.3, 0.4) is 0 Å². The van der Waals surface area contributed by atoms with E-state index in [0.29, 0.717) is 13.2 Å². The van der Waals surface area contributed by atoms with E-state index >= 15 is 0 Å². The molecular weight excluding hydrogens is 254 g/mol. The average molecular weight is 279 g/mol. The molecule has 5 nitrogen and oxygen atoms in total. The first kappa shape index (κ1) is 16.5. The van der Waals surface area contributed by atoms with Gasteiger partial charge >= 0.3 is 0 Å². The largest absolute Gasteiger partial charge is 0.383 e. The highest BCUT2D eigenvalue weighted by molar-refractivity contribution is 5.79. The van der Waals surface area contributed by atoms with Crippen molar-refractivity contribution in [3.8, 4) is 0 Å². The molecule has 112 valence electrons. The Labute approximate surface area is 121 Å². The summed E-state index contributed by atoms with van der Waals surface area (Å²) < 4.78 is 10.6. The maximum atomic E-state index is 5.51. The van der Waals surface area contributed by atoms with Crippen LogP contribution in [0.4, 0.5) is 0 Å². The Hall–Kier alpha value is -1.59. The van der Waals surface area contributed by atoms with E-state index in [0.717, 1.165) is 11.5 Å². The van der Waals surface area contributed by atoms with Gasteiger partial charge in [0.1, 0.15) is 0 Å². The van der Waals surface area contributed by atoms with E-state index in [4.69, 9.17) is 9.47 Å². The fourth-order valence-corrected chi connectivity index (χ4v) is 1.91. The maximum Gasteiger partial charge on any atom is 0.191 e. The monoisotopic (exact) mass is 279 g/mol. The lowest BCUT2D eigenvalue weighted by Crippen LogP contribution is -2.45. The van der Waals surface area contributed by atoms with E-state index in [9.17, 15) is 0 Å². The second-order valence-electron chi connectivity index (χ2n) is 4.59. The summed E-state index contributed by atoms with van der Waals surface area (Å²) in [5.74, 6) is 0.743. The van der Waals surface area contributed by atoms with Gasteiger partial charge in [-0.05, 0) is 12.5 Å². The minimum absolute atomic E-state index is 0.00696. The van der Waals surface area contributed by atoms with Crippen LogP contribution in [0.5, 0.6) is 0 Å². The molecule has 0 amide bonds. The second kappa shape index (κ2) is 9.34. The second-order valence-corrected chi connectivity index (χ2v) is 4.59. The summed E-state index contributed by atoms with van der Waals surface area (Å²) in [6, 6.07) is 10.3. The zero-order chi connectivity index (χ0) is 14.8. The first-order valence-corrected chi connectivity index (χ1v) is 6.75. The third kappa shape index (κ3) is 5.59. The predicted molar refractivity (Wildman–Crippen MR) is 82.0 cm³/mol. The lowest BCUT2D eigenvalue weighted by Gasteiger charge is -2.21. The van der Waals surface area contributed by atoms with Crippen LogP contribution in [0, 0.1) is 0 Å². The zero-order valence-electron chi connectivity index (χ0n) is 12.7. The number of aliphatic imine (C=N–C) groups is 1. The quantitative estimate of drug-likeness (QED) is 0.588. The van der Waals surface area contributed by atoms with Gasteiger partial charge in [0.2, 0.25) is 0 Å². The van der Waals surface area contributed by atoms with Gasteiger partial charge in [-0.1, -0.05) is 30.3 Å². The first-order valence-electron chi connectivity index (χ1n) is 6.75. The molecule has 2 N–H and O–H groups in total. The third-order valence-electron chi connectivity index (χ3n) is 2.93. The van der Waals surface area contributed by atoms with Crippen molar-refractivity contribution in [1.29, 1.82) is 0 Å². The van der Waals surface area contributed by atoms with Crippen LogP contribution >= 0.6 is 0 Å². The fourth-order valence-electron chi connectivity index (χ4n) is 1.91. The van der Waals surface area contributed by atoms with E-state index < -0.39 is 0 Å². The lowest BCUT2D eigenvalue weighted by molar-refractivity contribution is 0.106. The molecule has 0 aliphatic heterocycles.